The van der Waals surface area contributed by atoms with Crippen LogP contribution in [0.2, 0.25) is 5.02 Å². The van der Waals surface area contributed by atoms with E-state index >= 15 is 0 Å². The number of amides is 1. The van der Waals surface area contributed by atoms with Crippen LogP contribution in [0.25, 0.3) is 0 Å². The summed E-state index contributed by atoms with van der Waals surface area (Å²) in [6.45, 7) is 2.12. The van der Waals surface area contributed by atoms with Crippen molar-refractivity contribution < 1.29 is 26.7 Å². The summed E-state index contributed by atoms with van der Waals surface area (Å²) in [6.07, 6.45) is 1.33. The van der Waals surface area contributed by atoms with E-state index < -0.39 is 26.2 Å². The summed E-state index contributed by atoms with van der Waals surface area (Å²) in [5, 5.41) is 0.380. The van der Waals surface area contributed by atoms with Gasteiger partial charge in [-0.05, 0) is 74.1 Å². The minimum Gasteiger partial charge on any atom is -0.378 e. The highest BCUT2D eigenvalue weighted by Crippen LogP contribution is 2.49. The summed E-state index contributed by atoms with van der Waals surface area (Å²) in [7, 11) is -4.08. The molecule has 0 atom stereocenters. The van der Waals surface area contributed by atoms with Crippen molar-refractivity contribution in [2.75, 3.05) is 26.3 Å². The third-order valence-corrected chi connectivity index (χ3v) is 9.60. The van der Waals surface area contributed by atoms with Crippen LogP contribution in [0, 0.1) is 17.6 Å². The number of hydrogen-bond acceptors (Lipinski definition) is 4. The zero-order valence-electron chi connectivity index (χ0n) is 18.1. The van der Waals surface area contributed by atoms with Crippen molar-refractivity contribution in [2.24, 2.45) is 5.92 Å². The fourth-order valence-corrected chi connectivity index (χ4v) is 7.20. The minimum atomic E-state index is -4.08. The van der Waals surface area contributed by atoms with Crippen LogP contribution >= 0.6 is 11.6 Å². The zero-order valence-corrected chi connectivity index (χ0v) is 19.7. The van der Waals surface area contributed by atoms with Gasteiger partial charge < -0.3 is 9.64 Å². The van der Waals surface area contributed by atoms with E-state index in [1.165, 1.54) is 24.3 Å². The Morgan fingerprint density at radius 3 is 2.33 bits per heavy atom. The summed E-state index contributed by atoms with van der Waals surface area (Å²) >= 11 is 5.93. The molecule has 2 aromatic carbocycles. The van der Waals surface area contributed by atoms with Crippen LogP contribution in [0.1, 0.15) is 37.7 Å². The van der Waals surface area contributed by atoms with Gasteiger partial charge in [0.15, 0.2) is 9.84 Å². The van der Waals surface area contributed by atoms with Crippen LogP contribution in [0.15, 0.2) is 47.4 Å². The average Bonchev–Trinajstić information content (AvgIpc) is 2.82. The molecule has 1 aliphatic carbocycles. The second-order valence-electron chi connectivity index (χ2n) is 8.72. The molecule has 1 aliphatic heterocycles. The average molecular weight is 498 g/mol. The molecule has 0 bridgehead atoms. The van der Waals surface area contributed by atoms with Gasteiger partial charge in [-0.15, -0.1) is 0 Å². The lowest BCUT2D eigenvalue weighted by molar-refractivity contribution is -0.136. The molecule has 2 fully saturated rings. The third kappa shape index (κ3) is 4.79. The Hall–Kier alpha value is -2.03. The molecule has 0 unspecified atom stereocenters. The molecule has 2 aromatic rings. The van der Waals surface area contributed by atoms with Crippen molar-refractivity contribution >= 4 is 27.3 Å². The molecule has 1 saturated heterocycles. The molecule has 0 aromatic heterocycles. The smallest absolute Gasteiger partial charge is 0.223 e. The van der Waals surface area contributed by atoms with Crippen LogP contribution in [0.3, 0.4) is 0 Å². The molecule has 2 aliphatic rings. The van der Waals surface area contributed by atoms with Crippen molar-refractivity contribution in [3.8, 4) is 0 Å². The standard InChI is InChI=1S/C24H26ClF2NO4S/c25-18-1-4-20(5-2-18)33(30,31)24(21-16-19(26)3-6-22(21)27)9-7-17(8-10-24)15-23(29)28-11-13-32-14-12-28/h1-6,16-17H,7-15H2. The first-order valence-corrected chi connectivity index (χ1v) is 12.9. The minimum absolute atomic E-state index is 0.0124. The molecule has 1 saturated carbocycles. The van der Waals surface area contributed by atoms with E-state index in [1.54, 1.807) is 4.90 Å². The molecule has 0 radical (unpaired) electrons. The maximum atomic E-state index is 14.9. The van der Waals surface area contributed by atoms with Gasteiger partial charge in [-0.2, -0.15) is 0 Å². The van der Waals surface area contributed by atoms with Gasteiger partial charge in [0.2, 0.25) is 5.91 Å². The van der Waals surface area contributed by atoms with Crippen molar-refractivity contribution in [3.05, 3.63) is 64.7 Å². The monoisotopic (exact) mass is 497 g/mol. The fraction of sp³-hybridized carbons (Fsp3) is 0.458. The molecule has 0 N–H and O–H groups in total. The number of hydrogen-bond donors (Lipinski definition) is 0. The van der Waals surface area contributed by atoms with E-state index in [0.29, 0.717) is 50.6 Å². The van der Waals surface area contributed by atoms with Crippen LogP contribution < -0.4 is 0 Å². The molecule has 0 spiro atoms. The summed E-state index contributed by atoms with van der Waals surface area (Å²) in [5.74, 6) is -1.45. The van der Waals surface area contributed by atoms with E-state index in [-0.39, 0.29) is 35.1 Å². The summed E-state index contributed by atoms with van der Waals surface area (Å²) in [6, 6.07) is 8.66. The summed E-state index contributed by atoms with van der Waals surface area (Å²) in [4.78, 5) is 14.5. The van der Waals surface area contributed by atoms with Crippen molar-refractivity contribution in [3.63, 3.8) is 0 Å². The molecule has 1 amide bonds. The predicted octanol–water partition coefficient (Wildman–Crippen LogP) is 4.73. The van der Waals surface area contributed by atoms with Gasteiger partial charge in [0.05, 0.1) is 18.1 Å². The van der Waals surface area contributed by atoms with E-state index in [4.69, 9.17) is 16.3 Å². The van der Waals surface area contributed by atoms with Crippen LogP contribution in [0.4, 0.5) is 8.78 Å². The van der Waals surface area contributed by atoms with Gasteiger partial charge in [-0.1, -0.05) is 11.6 Å². The molecule has 178 valence electrons. The number of ether oxygens (including phenoxy) is 1. The molecule has 1 heterocycles. The normalized spacial score (nSPS) is 24.0. The number of halogens is 3. The molecule has 33 heavy (non-hydrogen) atoms. The Labute approximate surface area is 197 Å². The van der Waals surface area contributed by atoms with E-state index in [0.717, 1.165) is 18.2 Å². The lowest BCUT2D eigenvalue weighted by Crippen LogP contribution is -2.43. The van der Waals surface area contributed by atoms with Crippen molar-refractivity contribution in [1.82, 2.24) is 4.90 Å². The number of carbonyl (C=O) groups excluding carboxylic acids is 1. The summed E-state index contributed by atoms with van der Waals surface area (Å²) in [5.41, 5.74) is -0.157. The molecular weight excluding hydrogens is 472 g/mol. The van der Waals surface area contributed by atoms with Gasteiger partial charge in [-0.3, -0.25) is 4.79 Å². The Balaban J connectivity index is 1.63. The van der Waals surface area contributed by atoms with Gasteiger partial charge >= 0.3 is 0 Å². The Morgan fingerprint density at radius 1 is 1.06 bits per heavy atom. The molecule has 4 rings (SSSR count). The number of carbonyl (C=O) groups is 1. The van der Waals surface area contributed by atoms with Crippen LogP contribution in [-0.2, 0) is 24.1 Å². The molecule has 9 heteroatoms. The van der Waals surface area contributed by atoms with Gasteiger partial charge in [-0.25, -0.2) is 17.2 Å². The largest absolute Gasteiger partial charge is 0.378 e. The molecule has 5 nitrogen and oxygen atoms in total. The summed E-state index contributed by atoms with van der Waals surface area (Å²) < 4.78 is 60.4. The van der Waals surface area contributed by atoms with Crippen LogP contribution in [-0.4, -0.2) is 45.5 Å². The van der Waals surface area contributed by atoms with Crippen molar-refractivity contribution in [2.45, 2.75) is 41.7 Å². The Morgan fingerprint density at radius 2 is 1.70 bits per heavy atom. The maximum absolute atomic E-state index is 14.9. The first kappa shape index (κ1) is 24.1. The fourth-order valence-electron chi connectivity index (χ4n) is 4.91. The number of morpholine rings is 1. The third-order valence-electron chi connectivity index (χ3n) is 6.80. The van der Waals surface area contributed by atoms with Gasteiger partial charge in [0.25, 0.3) is 0 Å². The first-order valence-electron chi connectivity index (χ1n) is 11.0. The van der Waals surface area contributed by atoms with E-state index in [9.17, 15) is 22.0 Å². The van der Waals surface area contributed by atoms with Gasteiger partial charge in [0.1, 0.15) is 16.4 Å². The number of nitrogens with zero attached hydrogens (tertiary/aromatic N) is 1. The quantitative estimate of drug-likeness (QED) is 0.599. The van der Waals surface area contributed by atoms with Crippen molar-refractivity contribution in [1.29, 1.82) is 0 Å². The predicted molar refractivity (Wildman–Crippen MR) is 121 cm³/mol. The maximum Gasteiger partial charge on any atom is 0.223 e. The number of sulfone groups is 1. The highest BCUT2D eigenvalue weighted by molar-refractivity contribution is 7.92. The highest BCUT2D eigenvalue weighted by Gasteiger charge is 2.50. The number of rotatable bonds is 5. The lowest BCUT2D eigenvalue weighted by atomic mass is 9.76. The lowest BCUT2D eigenvalue weighted by Gasteiger charge is -2.40. The van der Waals surface area contributed by atoms with E-state index in [1.807, 2.05) is 0 Å². The second-order valence-corrected chi connectivity index (χ2v) is 11.4. The Bertz CT molecular complexity index is 1110. The SMILES string of the molecule is O=C(CC1CCC(c2cc(F)ccc2F)(S(=O)(=O)c2ccc(Cl)cc2)CC1)N1CCOCC1. The van der Waals surface area contributed by atoms with E-state index in [2.05, 4.69) is 0 Å². The number of benzene rings is 2. The topological polar surface area (TPSA) is 63.7 Å². The molecular formula is C24H26ClF2NO4S. The first-order chi connectivity index (χ1) is 15.7. The zero-order chi connectivity index (χ0) is 23.6. The Kier molecular flexibility index (Phi) is 7.07. The van der Waals surface area contributed by atoms with Gasteiger partial charge in [0, 0.05) is 30.1 Å². The highest BCUT2D eigenvalue weighted by atomic mass is 35.5. The van der Waals surface area contributed by atoms with Crippen LogP contribution in [0.5, 0.6) is 0 Å². The second kappa shape index (κ2) is 9.68.